The van der Waals surface area contributed by atoms with Gasteiger partial charge >= 0.3 is 0 Å². The van der Waals surface area contributed by atoms with Crippen molar-refractivity contribution in [1.29, 1.82) is 0 Å². The highest BCUT2D eigenvalue weighted by molar-refractivity contribution is 8.17. The first-order chi connectivity index (χ1) is 6.64. The maximum absolute atomic E-state index is 11.4. The molecule has 0 aromatic carbocycles. The van der Waals surface area contributed by atoms with Gasteiger partial charge in [-0.3, -0.25) is 4.79 Å². The van der Waals surface area contributed by atoms with E-state index in [1.807, 2.05) is 0 Å². The Balaban J connectivity index is 2.10. The number of nitrogens with zero attached hydrogens (tertiary/aromatic N) is 1. The van der Waals surface area contributed by atoms with E-state index in [0.717, 1.165) is 11.5 Å². The highest BCUT2D eigenvalue weighted by Gasteiger charge is 2.48. The van der Waals surface area contributed by atoms with Gasteiger partial charge in [-0.15, -0.1) is 23.5 Å². The van der Waals surface area contributed by atoms with E-state index in [9.17, 15) is 9.90 Å². The lowest BCUT2D eigenvalue weighted by molar-refractivity contribution is -0.139. The van der Waals surface area contributed by atoms with Gasteiger partial charge in [-0.2, -0.15) is 0 Å². The molecule has 2 aliphatic heterocycles. The van der Waals surface area contributed by atoms with Crippen LogP contribution in [0.4, 0.5) is 0 Å². The van der Waals surface area contributed by atoms with Crippen LogP contribution in [0.3, 0.4) is 0 Å². The van der Waals surface area contributed by atoms with Crippen molar-refractivity contribution in [2.24, 2.45) is 0 Å². The van der Waals surface area contributed by atoms with Gasteiger partial charge in [0.15, 0.2) is 5.72 Å². The van der Waals surface area contributed by atoms with Crippen LogP contribution in [0.25, 0.3) is 0 Å². The molecular formula is C9H15NO2S2. The molecule has 2 fully saturated rings. The molecule has 2 aliphatic rings. The molecule has 0 radical (unpaired) electrons. The molecule has 2 saturated heterocycles. The molecular weight excluding hydrogens is 218 g/mol. The molecule has 0 bridgehead atoms. The molecule has 0 saturated carbocycles. The topological polar surface area (TPSA) is 40.5 Å². The second-order valence-electron chi connectivity index (χ2n) is 3.76. The van der Waals surface area contributed by atoms with Gasteiger partial charge in [-0.1, -0.05) is 0 Å². The molecule has 0 aromatic rings. The van der Waals surface area contributed by atoms with Crippen LogP contribution in [0.2, 0.25) is 0 Å². The monoisotopic (exact) mass is 233 g/mol. The minimum Gasteiger partial charge on any atom is -0.369 e. The Morgan fingerprint density at radius 3 is 2.64 bits per heavy atom. The molecule has 1 atom stereocenters. The van der Waals surface area contributed by atoms with E-state index in [-0.39, 0.29) is 10.5 Å². The number of carbonyl (C=O) groups excluding carboxylic acids is 1. The van der Waals surface area contributed by atoms with Crippen LogP contribution in [-0.2, 0) is 4.79 Å². The maximum Gasteiger partial charge on any atom is 0.224 e. The highest BCUT2D eigenvalue weighted by atomic mass is 32.2. The second kappa shape index (κ2) is 3.94. The summed E-state index contributed by atoms with van der Waals surface area (Å²) in [6, 6.07) is 0. The third-order valence-electron chi connectivity index (χ3n) is 2.87. The lowest BCUT2D eigenvalue weighted by Crippen LogP contribution is -2.50. The molecule has 2 heterocycles. The van der Waals surface area contributed by atoms with Crippen molar-refractivity contribution in [2.45, 2.75) is 29.6 Å². The lowest BCUT2D eigenvalue weighted by atomic mass is 10.2. The van der Waals surface area contributed by atoms with Crippen LogP contribution in [-0.4, -0.2) is 44.8 Å². The fourth-order valence-electron chi connectivity index (χ4n) is 1.87. The van der Waals surface area contributed by atoms with Crippen molar-refractivity contribution in [2.75, 3.05) is 18.6 Å². The SMILES string of the molecule is CN1C(=O)CCC1(O)C1SCCCS1. The van der Waals surface area contributed by atoms with Gasteiger partial charge in [0.2, 0.25) is 5.91 Å². The third kappa shape index (κ3) is 1.66. The normalized spacial score (nSPS) is 35.3. The van der Waals surface area contributed by atoms with Crippen molar-refractivity contribution in [3.63, 3.8) is 0 Å². The summed E-state index contributed by atoms with van der Waals surface area (Å²) in [5, 5.41) is 10.4. The summed E-state index contributed by atoms with van der Waals surface area (Å²) in [5.74, 6) is 2.27. The quantitative estimate of drug-likeness (QED) is 0.737. The van der Waals surface area contributed by atoms with E-state index in [4.69, 9.17) is 0 Å². The van der Waals surface area contributed by atoms with Crippen molar-refractivity contribution in [3.8, 4) is 0 Å². The summed E-state index contributed by atoms with van der Waals surface area (Å²) in [4.78, 5) is 12.9. The van der Waals surface area contributed by atoms with E-state index in [1.165, 1.54) is 11.3 Å². The van der Waals surface area contributed by atoms with Crippen LogP contribution < -0.4 is 0 Å². The van der Waals surface area contributed by atoms with Gasteiger partial charge in [0, 0.05) is 19.9 Å². The summed E-state index contributed by atoms with van der Waals surface area (Å²) < 4.78 is 0.146. The van der Waals surface area contributed by atoms with Crippen LogP contribution in [0, 0.1) is 0 Å². The molecule has 5 heteroatoms. The first-order valence-electron chi connectivity index (χ1n) is 4.87. The average Bonchev–Trinajstić information content (AvgIpc) is 2.49. The number of likely N-dealkylation sites (tertiary alicyclic amines) is 1. The molecule has 1 N–H and O–H groups in total. The largest absolute Gasteiger partial charge is 0.369 e. The van der Waals surface area contributed by atoms with Crippen LogP contribution in [0.1, 0.15) is 19.3 Å². The van der Waals surface area contributed by atoms with Crippen LogP contribution in [0.15, 0.2) is 0 Å². The first-order valence-corrected chi connectivity index (χ1v) is 6.96. The summed E-state index contributed by atoms with van der Waals surface area (Å²) in [6.07, 6.45) is 2.29. The Bertz CT molecular complexity index is 243. The molecule has 0 aliphatic carbocycles. The summed E-state index contributed by atoms with van der Waals surface area (Å²) in [6.45, 7) is 0. The molecule has 0 spiro atoms. The lowest BCUT2D eigenvalue weighted by Gasteiger charge is -2.38. The number of thioether (sulfide) groups is 2. The Labute approximate surface area is 92.6 Å². The average molecular weight is 233 g/mol. The number of rotatable bonds is 1. The van der Waals surface area contributed by atoms with Crippen LogP contribution >= 0.6 is 23.5 Å². The zero-order valence-electron chi connectivity index (χ0n) is 8.23. The van der Waals surface area contributed by atoms with Gasteiger partial charge in [0.05, 0.1) is 4.58 Å². The van der Waals surface area contributed by atoms with Gasteiger partial charge in [0.1, 0.15) is 0 Å². The first kappa shape index (κ1) is 10.6. The van der Waals surface area contributed by atoms with E-state index in [2.05, 4.69) is 0 Å². The number of hydrogen-bond acceptors (Lipinski definition) is 4. The fourth-order valence-corrected chi connectivity index (χ4v) is 5.15. The van der Waals surface area contributed by atoms with Gasteiger partial charge < -0.3 is 10.0 Å². The van der Waals surface area contributed by atoms with E-state index in [1.54, 1.807) is 30.6 Å². The number of amides is 1. The fraction of sp³-hybridized carbons (Fsp3) is 0.889. The number of hydrogen-bond donors (Lipinski definition) is 1. The van der Waals surface area contributed by atoms with E-state index >= 15 is 0 Å². The number of carbonyl (C=O) groups is 1. The van der Waals surface area contributed by atoms with Crippen molar-refractivity contribution < 1.29 is 9.90 Å². The predicted octanol–water partition coefficient (Wildman–Crippen LogP) is 1.12. The highest BCUT2D eigenvalue weighted by Crippen LogP contribution is 2.44. The van der Waals surface area contributed by atoms with Gasteiger partial charge in [-0.05, 0) is 17.9 Å². The third-order valence-corrected chi connectivity index (χ3v) is 6.09. The maximum atomic E-state index is 11.4. The zero-order valence-corrected chi connectivity index (χ0v) is 9.87. The molecule has 80 valence electrons. The zero-order chi connectivity index (χ0) is 10.2. The summed E-state index contributed by atoms with van der Waals surface area (Å²) in [7, 11) is 1.71. The van der Waals surface area contributed by atoms with Crippen LogP contribution in [0.5, 0.6) is 0 Å². The molecule has 1 amide bonds. The second-order valence-corrected chi connectivity index (χ2v) is 6.48. The Morgan fingerprint density at radius 2 is 2.14 bits per heavy atom. The van der Waals surface area contributed by atoms with Crippen molar-refractivity contribution in [1.82, 2.24) is 4.90 Å². The van der Waals surface area contributed by atoms with Crippen molar-refractivity contribution >= 4 is 29.4 Å². The Kier molecular flexibility index (Phi) is 3.00. The number of aliphatic hydroxyl groups is 1. The van der Waals surface area contributed by atoms with Crippen molar-refractivity contribution in [3.05, 3.63) is 0 Å². The standard InChI is InChI=1S/C9H15NO2S2/c1-10-7(11)3-4-9(10,12)8-13-5-2-6-14-8/h8,12H,2-6H2,1H3. The van der Waals surface area contributed by atoms with E-state index in [0.29, 0.717) is 12.8 Å². The summed E-state index contributed by atoms with van der Waals surface area (Å²) in [5.41, 5.74) is -0.896. The van der Waals surface area contributed by atoms with Gasteiger partial charge in [-0.25, -0.2) is 0 Å². The minimum atomic E-state index is -0.896. The molecule has 14 heavy (non-hydrogen) atoms. The molecule has 3 nitrogen and oxygen atoms in total. The summed E-state index contributed by atoms with van der Waals surface area (Å²) >= 11 is 3.57. The molecule has 0 aromatic heterocycles. The Morgan fingerprint density at radius 1 is 1.50 bits per heavy atom. The smallest absolute Gasteiger partial charge is 0.224 e. The minimum absolute atomic E-state index is 0.0688. The van der Waals surface area contributed by atoms with E-state index < -0.39 is 5.72 Å². The predicted molar refractivity (Wildman–Crippen MR) is 60.3 cm³/mol. The Hall–Kier alpha value is 0.130. The molecule has 2 rings (SSSR count). The van der Waals surface area contributed by atoms with Gasteiger partial charge in [0.25, 0.3) is 0 Å². The molecule has 1 unspecified atom stereocenters.